The molecule has 6 heteroatoms. The summed E-state index contributed by atoms with van der Waals surface area (Å²) in [4.78, 5) is 19.2. The Morgan fingerprint density at radius 3 is 2.94 bits per heavy atom. The van der Waals surface area contributed by atoms with Crippen molar-refractivity contribution in [2.45, 2.75) is 20.0 Å². The standard InChI is InChI=1S/C11H22N4O2/c1-4-14(3)10(16)7-13-11(12)15-5-6-17-9(2)8-15/h9H,4-8H2,1-3H3,(H2,12,13). The van der Waals surface area contributed by atoms with Crippen LogP contribution in [0.15, 0.2) is 4.99 Å². The van der Waals surface area contributed by atoms with Crippen LogP contribution in [-0.2, 0) is 9.53 Å². The first-order valence-corrected chi connectivity index (χ1v) is 5.95. The number of ether oxygens (including phenoxy) is 1. The maximum atomic E-state index is 11.5. The van der Waals surface area contributed by atoms with Crippen molar-refractivity contribution >= 4 is 11.9 Å². The van der Waals surface area contributed by atoms with Gasteiger partial charge in [0.2, 0.25) is 5.91 Å². The predicted molar refractivity (Wildman–Crippen MR) is 66.8 cm³/mol. The Morgan fingerprint density at radius 1 is 1.65 bits per heavy atom. The minimum atomic E-state index is -0.0169. The number of hydrogen-bond acceptors (Lipinski definition) is 3. The molecular formula is C11H22N4O2. The fourth-order valence-electron chi connectivity index (χ4n) is 1.57. The van der Waals surface area contributed by atoms with Crippen molar-refractivity contribution in [1.82, 2.24) is 9.80 Å². The molecule has 1 fully saturated rings. The van der Waals surface area contributed by atoms with E-state index in [2.05, 4.69) is 4.99 Å². The average Bonchev–Trinajstić information content (AvgIpc) is 2.34. The first-order valence-electron chi connectivity index (χ1n) is 5.95. The molecule has 2 N–H and O–H groups in total. The smallest absolute Gasteiger partial charge is 0.244 e. The molecule has 1 saturated heterocycles. The first-order chi connectivity index (χ1) is 8.04. The van der Waals surface area contributed by atoms with Gasteiger partial charge >= 0.3 is 0 Å². The second-order valence-corrected chi connectivity index (χ2v) is 4.21. The van der Waals surface area contributed by atoms with E-state index < -0.39 is 0 Å². The van der Waals surface area contributed by atoms with Gasteiger partial charge in [-0.2, -0.15) is 0 Å². The molecule has 0 saturated carbocycles. The van der Waals surface area contributed by atoms with E-state index in [9.17, 15) is 4.79 Å². The summed E-state index contributed by atoms with van der Waals surface area (Å²) in [5.74, 6) is 0.412. The number of aliphatic imine (C=N–C) groups is 1. The van der Waals surface area contributed by atoms with Crippen LogP contribution >= 0.6 is 0 Å². The highest BCUT2D eigenvalue weighted by molar-refractivity contribution is 5.84. The SMILES string of the molecule is CCN(C)C(=O)CN=C(N)N1CCOC(C)C1. The summed E-state index contributed by atoms with van der Waals surface area (Å²) in [6.07, 6.45) is 0.159. The van der Waals surface area contributed by atoms with Gasteiger partial charge in [0.15, 0.2) is 5.96 Å². The van der Waals surface area contributed by atoms with Gasteiger partial charge in [-0.05, 0) is 13.8 Å². The van der Waals surface area contributed by atoms with Crippen LogP contribution in [0.25, 0.3) is 0 Å². The summed E-state index contributed by atoms with van der Waals surface area (Å²) in [7, 11) is 1.75. The third-order valence-electron chi connectivity index (χ3n) is 2.84. The van der Waals surface area contributed by atoms with E-state index in [1.807, 2.05) is 18.7 Å². The van der Waals surface area contributed by atoms with Crippen LogP contribution in [0.1, 0.15) is 13.8 Å². The maximum Gasteiger partial charge on any atom is 0.244 e. The third-order valence-corrected chi connectivity index (χ3v) is 2.84. The molecule has 0 radical (unpaired) electrons. The summed E-state index contributed by atoms with van der Waals surface area (Å²) in [5, 5.41) is 0. The Morgan fingerprint density at radius 2 is 2.35 bits per heavy atom. The fourth-order valence-corrected chi connectivity index (χ4v) is 1.57. The minimum absolute atomic E-state index is 0.0169. The van der Waals surface area contributed by atoms with Crippen LogP contribution in [0.4, 0.5) is 0 Å². The monoisotopic (exact) mass is 242 g/mol. The number of carbonyl (C=O) groups is 1. The lowest BCUT2D eigenvalue weighted by Crippen LogP contribution is -2.48. The minimum Gasteiger partial charge on any atom is -0.375 e. The summed E-state index contributed by atoms with van der Waals surface area (Å²) in [5.41, 5.74) is 5.85. The van der Waals surface area contributed by atoms with Gasteiger partial charge in [0.25, 0.3) is 0 Å². The topological polar surface area (TPSA) is 71.2 Å². The van der Waals surface area contributed by atoms with Crippen LogP contribution < -0.4 is 5.73 Å². The highest BCUT2D eigenvalue weighted by atomic mass is 16.5. The lowest BCUT2D eigenvalue weighted by Gasteiger charge is -2.31. The van der Waals surface area contributed by atoms with Gasteiger partial charge in [-0.3, -0.25) is 4.79 Å². The van der Waals surface area contributed by atoms with Crippen molar-refractivity contribution < 1.29 is 9.53 Å². The van der Waals surface area contributed by atoms with Crippen molar-refractivity contribution in [2.24, 2.45) is 10.7 Å². The Kier molecular flexibility index (Phi) is 5.21. The van der Waals surface area contributed by atoms with Gasteiger partial charge in [-0.15, -0.1) is 0 Å². The Hall–Kier alpha value is -1.30. The molecule has 98 valence electrons. The first kappa shape index (κ1) is 13.8. The number of nitrogens with zero attached hydrogens (tertiary/aromatic N) is 3. The molecule has 1 amide bonds. The molecule has 0 aliphatic carbocycles. The van der Waals surface area contributed by atoms with E-state index in [1.165, 1.54) is 0 Å². The van der Waals surface area contributed by atoms with E-state index in [0.29, 0.717) is 19.1 Å². The summed E-state index contributed by atoms with van der Waals surface area (Å²) in [6.45, 7) is 6.83. The zero-order chi connectivity index (χ0) is 12.8. The summed E-state index contributed by atoms with van der Waals surface area (Å²) < 4.78 is 5.41. The summed E-state index contributed by atoms with van der Waals surface area (Å²) in [6, 6.07) is 0. The van der Waals surface area contributed by atoms with E-state index >= 15 is 0 Å². The van der Waals surface area contributed by atoms with Gasteiger partial charge < -0.3 is 20.3 Å². The number of rotatable bonds is 3. The Balaban J connectivity index is 2.45. The number of nitrogens with two attached hydrogens (primary N) is 1. The molecule has 0 spiro atoms. The molecule has 1 aliphatic rings. The number of likely N-dealkylation sites (N-methyl/N-ethyl adjacent to an activating group) is 1. The lowest BCUT2D eigenvalue weighted by atomic mass is 10.3. The molecule has 0 aromatic carbocycles. The van der Waals surface area contributed by atoms with Crippen molar-refractivity contribution in [3.63, 3.8) is 0 Å². The van der Waals surface area contributed by atoms with Gasteiger partial charge in [0.1, 0.15) is 6.54 Å². The van der Waals surface area contributed by atoms with Gasteiger partial charge in [-0.25, -0.2) is 4.99 Å². The van der Waals surface area contributed by atoms with Gasteiger partial charge in [0, 0.05) is 26.7 Å². The summed E-state index contributed by atoms with van der Waals surface area (Å²) >= 11 is 0. The number of hydrogen-bond donors (Lipinski definition) is 1. The van der Waals surface area contributed by atoms with E-state index in [0.717, 1.165) is 13.1 Å². The van der Waals surface area contributed by atoms with Crippen LogP contribution in [0.5, 0.6) is 0 Å². The van der Waals surface area contributed by atoms with E-state index in [-0.39, 0.29) is 18.6 Å². The molecule has 0 aromatic rings. The molecule has 1 heterocycles. The zero-order valence-electron chi connectivity index (χ0n) is 10.8. The highest BCUT2D eigenvalue weighted by Crippen LogP contribution is 2.03. The van der Waals surface area contributed by atoms with Crippen molar-refractivity contribution in [1.29, 1.82) is 0 Å². The molecule has 1 rings (SSSR count). The van der Waals surface area contributed by atoms with Crippen molar-refractivity contribution in [2.75, 3.05) is 39.8 Å². The normalized spacial score (nSPS) is 21.5. The van der Waals surface area contributed by atoms with Crippen LogP contribution in [0, 0.1) is 0 Å². The largest absolute Gasteiger partial charge is 0.375 e. The van der Waals surface area contributed by atoms with Gasteiger partial charge in [-0.1, -0.05) is 0 Å². The average molecular weight is 242 g/mol. The van der Waals surface area contributed by atoms with Crippen LogP contribution in [0.2, 0.25) is 0 Å². The molecule has 0 bridgehead atoms. The predicted octanol–water partition coefficient (Wildman–Crippen LogP) is -0.500. The molecule has 1 atom stereocenters. The number of guanidine groups is 1. The fraction of sp³-hybridized carbons (Fsp3) is 0.818. The van der Waals surface area contributed by atoms with E-state index in [1.54, 1.807) is 11.9 Å². The van der Waals surface area contributed by atoms with Crippen LogP contribution in [-0.4, -0.2) is 67.6 Å². The Labute approximate surface area is 102 Å². The molecule has 1 aliphatic heterocycles. The van der Waals surface area contributed by atoms with Crippen LogP contribution in [0.3, 0.4) is 0 Å². The second kappa shape index (κ2) is 6.44. The zero-order valence-corrected chi connectivity index (χ0v) is 10.8. The molecule has 1 unspecified atom stereocenters. The molecule has 17 heavy (non-hydrogen) atoms. The molecule has 6 nitrogen and oxygen atoms in total. The molecular weight excluding hydrogens is 220 g/mol. The Bertz CT molecular complexity index is 293. The number of carbonyl (C=O) groups excluding carboxylic acids is 1. The van der Waals surface area contributed by atoms with E-state index in [4.69, 9.17) is 10.5 Å². The number of morpholine rings is 1. The quantitative estimate of drug-likeness (QED) is 0.535. The second-order valence-electron chi connectivity index (χ2n) is 4.21. The number of amides is 1. The third kappa shape index (κ3) is 4.22. The molecule has 0 aromatic heterocycles. The highest BCUT2D eigenvalue weighted by Gasteiger charge is 2.18. The lowest BCUT2D eigenvalue weighted by molar-refractivity contribution is -0.128. The van der Waals surface area contributed by atoms with Crippen molar-refractivity contribution in [3.05, 3.63) is 0 Å². The van der Waals surface area contributed by atoms with Crippen molar-refractivity contribution in [3.8, 4) is 0 Å². The maximum absolute atomic E-state index is 11.5. The van der Waals surface area contributed by atoms with Gasteiger partial charge in [0.05, 0.1) is 12.7 Å².